The first-order chi connectivity index (χ1) is 7.17. The van der Waals surface area contributed by atoms with Crippen LogP contribution in [0.2, 0.25) is 0 Å². The lowest BCUT2D eigenvalue weighted by Crippen LogP contribution is -2.40. The van der Waals surface area contributed by atoms with E-state index < -0.39 is 0 Å². The lowest BCUT2D eigenvalue weighted by Gasteiger charge is -2.39. The van der Waals surface area contributed by atoms with Gasteiger partial charge in [0.2, 0.25) is 0 Å². The number of nitrogens with zero attached hydrogens (tertiary/aromatic N) is 1. The highest BCUT2D eigenvalue weighted by Crippen LogP contribution is 2.37. The van der Waals surface area contributed by atoms with E-state index in [2.05, 4.69) is 30.9 Å². The first-order valence-corrected chi connectivity index (χ1v) is 6.56. The van der Waals surface area contributed by atoms with Gasteiger partial charge in [0.1, 0.15) is 0 Å². The van der Waals surface area contributed by atoms with Crippen LogP contribution >= 0.6 is 0 Å². The summed E-state index contributed by atoms with van der Waals surface area (Å²) in [6, 6.07) is 0.887. The molecule has 15 heavy (non-hydrogen) atoms. The van der Waals surface area contributed by atoms with Gasteiger partial charge in [-0.3, -0.25) is 4.90 Å². The van der Waals surface area contributed by atoms with Crippen molar-refractivity contribution in [3.05, 3.63) is 12.2 Å². The van der Waals surface area contributed by atoms with Crippen LogP contribution in [0.1, 0.15) is 52.4 Å². The van der Waals surface area contributed by atoms with E-state index in [1.807, 2.05) is 0 Å². The normalized spacial score (nSPS) is 28.9. The highest BCUT2D eigenvalue weighted by Gasteiger charge is 2.29. The molecule has 1 fully saturated rings. The molecule has 0 bridgehead atoms. The highest BCUT2D eigenvalue weighted by atomic mass is 15.1. The maximum Gasteiger partial charge on any atom is 0.00959 e. The van der Waals surface area contributed by atoms with E-state index in [0.29, 0.717) is 5.41 Å². The van der Waals surface area contributed by atoms with Gasteiger partial charge >= 0.3 is 0 Å². The predicted molar refractivity (Wildman–Crippen MR) is 66.0 cm³/mol. The second-order valence-electron chi connectivity index (χ2n) is 5.98. The molecule has 86 valence electrons. The van der Waals surface area contributed by atoms with Crippen LogP contribution in [0, 0.1) is 5.41 Å². The van der Waals surface area contributed by atoms with Gasteiger partial charge in [-0.15, -0.1) is 0 Å². The maximum atomic E-state index is 2.73. The molecule has 0 aromatic carbocycles. The van der Waals surface area contributed by atoms with Crippen molar-refractivity contribution in [2.24, 2.45) is 5.41 Å². The number of rotatable bonds is 1. The third-order valence-electron chi connectivity index (χ3n) is 4.16. The fourth-order valence-electron chi connectivity index (χ4n) is 2.94. The molecule has 1 aliphatic carbocycles. The smallest absolute Gasteiger partial charge is 0.00959 e. The van der Waals surface area contributed by atoms with Crippen LogP contribution in [0.4, 0.5) is 0 Å². The zero-order valence-corrected chi connectivity index (χ0v) is 10.3. The molecule has 0 amide bonds. The largest absolute Gasteiger partial charge is 0.300 e. The minimum atomic E-state index is 0.612. The summed E-state index contributed by atoms with van der Waals surface area (Å²) in [5.74, 6) is 0. The van der Waals surface area contributed by atoms with Crippen molar-refractivity contribution in [3.8, 4) is 0 Å². The zero-order chi connectivity index (χ0) is 10.7. The number of hydrogen-bond donors (Lipinski definition) is 0. The molecular weight excluding hydrogens is 182 g/mol. The van der Waals surface area contributed by atoms with Crippen LogP contribution in [0.5, 0.6) is 0 Å². The van der Waals surface area contributed by atoms with Crippen molar-refractivity contribution in [2.45, 2.75) is 58.4 Å². The fraction of sp³-hybridized carbons (Fsp3) is 0.857. The Labute approximate surface area is 94.5 Å². The van der Waals surface area contributed by atoms with Crippen LogP contribution in [-0.2, 0) is 0 Å². The molecule has 0 spiro atoms. The Morgan fingerprint density at radius 3 is 2.07 bits per heavy atom. The molecule has 1 heteroatoms. The molecule has 1 saturated carbocycles. The SMILES string of the molecule is CC1(C)CCC(N2CCC=CCC2)CC1. The van der Waals surface area contributed by atoms with Gasteiger partial charge in [0.25, 0.3) is 0 Å². The van der Waals surface area contributed by atoms with Gasteiger partial charge in [0, 0.05) is 19.1 Å². The Morgan fingerprint density at radius 2 is 1.53 bits per heavy atom. The lowest BCUT2D eigenvalue weighted by atomic mass is 9.75. The average Bonchev–Trinajstić information content (AvgIpc) is 2.46. The Balaban J connectivity index is 1.84. The summed E-state index contributed by atoms with van der Waals surface area (Å²) < 4.78 is 0. The average molecular weight is 207 g/mol. The van der Waals surface area contributed by atoms with Crippen LogP contribution in [0.25, 0.3) is 0 Å². The third-order valence-corrected chi connectivity index (χ3v) is 4.16. The molecule has 0 radical (unpaired) electrons. The summed E-state index contributed by atoms with van der Waals surface area (Å²) in [5, 5.41) is 0. The Kier molecular flexibility index (Phi) is 3.50. The Morgan fingerprint density at radius 1 is 1.00 bits per heavy atom. The summed E-state index contributed by atoms with van der Waals surface area (Å²) in [5.41, 5.74) is 0.612. The van der Waals surface area contributed by atoms with E-state index in [1.165, 1.54) is 51.6 Å². The molecule has 2 aliphatic rings. The van der Waals surface area contributed by atoms with E-state index >= 15 is 0 Å². The van der Waals surface area contributed by atoms with Crippen LogP contribution in [0.15, 0.2) is 12.2 Å². The van der Waals surface area contributed by atoms with Crippen molar-refractivity contribution in [2.75, 3.05) is 13.1 Å². The van der Waals surface area contributed by atoms with E-state index in [9.17, 15) is 0 Å². The summed E-state index contributed by atoms with van der Waals surface area (Å²) in [6.45, 7) is 7.43. The molecule has 0 N–H and O–H groups in total. The molecule has 0 aromatic heterocycles. The summed E-state index contributed by atoms with van der Waals surface area (Å²) in [4.78, 5) is 2.73. The molecular formula is C14H25N. The van der Waals surface area contributed by atoms with Gasteiger partial charge in [-0.25, -0.2) is 0 Å². The second-order valence-corrected chi connectivity index (χ2v) is 5.98. The van der Waals surface area contributed by atoms with Crippen molar-refractivity contribution in [1.29, 1.82) is 0 Å². The summed E-state index contributed by atoms with van der Waals surface area (Å²) in [7, 11) is 0. The van der Waals surface area contributed by atoms with Gasteiger partial charge in [-0.05, 0) is 43.9 Å². The standard InChI is InChI=1S/C14H25N/c1-14(2)9-7-13(8-10-14)15-11-5-3-4-6-12-15/h3-4,13H,5-12H2,1-2H3. The molecule has 2 rings (SSSR count). The first-order valence-electron chi connectivity index (χ1n) is 6.56. The molecule has 1 aliphatic heterocycles. The van der Waals surface area contributed by atoms with Gasteiger partial charge < -0.3 is 0 Å². The van der Waals surface area contributed by atoms with Crippen molar-refractivity contribution >= 4 is 0 Å². The second kappa shape index (κ2) is 4.69. The van der Waals surface area contributed by atoms with Crippen molar-refractivity contribution in [3.63, 3.8) is 0 Å². The van der Waals surface area contributed by atoms with E-state index in [1.54, 1.807) is 0 Å². The Hall–Kier alpha value is -0.300. The van der Waals surface area contributed by atoms with E-state index in [0.717, 1.165) is 6.04 Å². The summed E-state index contributed by atoms with van der Waals surface area (Å²) in [6.07, 6.45) is 12.9. The van der Waals surface area contributed by atoms with Gasteiger partial charge in [0.05, 0.1) is 0 Å². The van der Waals surface area contributed by atoms with Crippen LogP contribution < -0.4 is 0 Å². The van der Waals surface area contributed by atoms with Crippen molar-refractivity contribution in [1.82, 2.24) is 4.90 Å². The van der Waals surface area contributed by atoms with Crippen LogP contribution in [0.3, 0.4) is 0 Å². The molecule has 0 unspecified atom stereocenters. The molecule has 1 nitrogen and oxygen atoms in total. The van der Waals surface area contributed by atoms with E-state index in [4.69, 9.17) is 0 Å². The zero-order valence-electron chi connectivity index (χ0n) is 10.3. The maximum absolute atomic E-state index is 2.73. The highest BCUT2D eigenvalue weighted by molar-refractivity contribution is 4.91. The quantitative estimate of drug-likeness (QED) is 0.594. The number of hydrogen-bond acceptors (Lipinski definition) is 1. The van der Waals surface area contributed by atoms with Gasteiger partial charge in [-0.1, -0.05) is 26.0 Å². The topological polar surface area (TPSA) is 3.24 Å². The third kappa shape index (κ3) is 3.07. The monoisotopic (exact) mass is 207 g/mol. The molecule has 1 heterocycles. The molecule has 0 atom stereocenters. The molecule has 0 aromatic rings. The lowest BCUT2D eigenvalue weighted by molar-refractivity contribution is 0.111. The summed E-state index contributed by atoms with van der Waals surface area (Å²) >= 11 is 0. The van der Waals surface area contributed by atoms with Crippen LogP contribution in [-0.4, -0.2) is 24.0 Å². The van der Waals surface area contributed by atoms with E-state index in [-0.39, 0.29) is 0 Å². The van der Waals surface area contributed by atoms with Crippen molar-refractivity contribution < 1.29 is 0 Å². The fourth-order valence-corrected chi connectivity index (χ4v) is 2.94. The minimum Gasteiger partial charge on any atom is -0.300 e. The first kappa shape index (κ1) is 11.2. The minimum absolute atomic E-state index is 0.612. The Bertz CT molecular complexity index is 209. The van der Waals surface area contributed by atoms with Gasteiger partial charge in [0.15, 0.2) is 0 Å². The predicted octanol–water partition coefficient (Wildman–Crippen LogP) is 3.61. The molecule has 0 saturated heterocycles. The van der Waals surface area contributed by atoms with Gasteiger partial charge in [-0.2, -0.15) is 0 Å².